The molecule has 26 heavy (non-hydrogen) atoms. The summed E-state index contributed by atoms with van der Waals surface area (Å²) in [6.45, 7) is 0.372. The largest absolute Gasteiger partial charge is 0.331 e. The van der Waals surface area contributed by atoms with Gasteiger partial charge in [-0.1, -0.05) is 42.5 Å². The number of nitrogens with zero attached hydrogens (tertiary/aromatic N) is 2. The van der Waals surface area contributed by atoms with E-state index in [2.05, 4.69) is 50.9 Å². The topological polar surface area (TPSA) is 66.9 Å². The Morgan fingerprint density at radius 3 is 2.69 bits per heavy atom. The maximum Gasteiger partial charge on any atom is 0.320 e. The molecule has 6 heteroatoms. The van der Waals surface area contributed by atoms with Gasteiger partial charge in [0.2, 0.25) is 0 Å². The first-order chi connectivity index (χ1) is 12.8. The van der Waals surface area contributed by atoms with Gasteiger partial charge in [-0.05, 0) is 29.0 Å². The molecule has 0 aliphatic rings. The van der Waals surface area contributed by atoms with E-state index in [-0.39, 0.29) is 6.03 Å². The van der Waals surface area contributed by atoms with Gasteiger partial charge in [0.15, 0.2) is 0 Å². The van der Waals surface area contributed by atoms with Crippen molar-refractivity contribution in [2.24, 2.45) is 0 Å². The first-order valence-corrected chi connectivity index (χ1v) is 9.05. The van der Waals surface area contributed by atoms with Crippen molar-refractivity contribution in [3.8, 4) is 11.3 Å². The summed E-state index contributed by atoms with van der Waals surface area (Å²) >= 11 is 1.53. The molecule has 4 rings (SSSR count). The number of anilines is 1. The van der Waals surface area contributed by atoms with Crippen molar-refractivity contribution >= 4 is 34.0 Å². The number of nitrogens with one attached hydrogen (secondary N) is 2. The van der Waals surface area contributed by atoms with E-state index >= 15 is 0 Å². The molecule has 0 aliphatic carbocycles. The lowest BCUT2D eigenvalue weighted by atomic mass is 10.1. The summed E-state index contributed by atoms with van der Waals surface area (Å²) in [6.07, 6.45) is 1.63. The summed E-state index contributed by atoms with van der Waals surface area (Å²) < 4.78 is 0. The number of hydrogen-bond acceptors (Lipinski definition) is 4. The fraction of sp³-hybridized carbons (Fsp3) is 0.0500. The molecule has 2 heterocycles. The van der Waals surface area contributed by atoms with Crippen LogP contribution in [0.4, 0.5) is 10.6 Å². The predicted molar refractivity (Wildman–Crippen MR) is 105 cm³/mol. The van der Waals surface area contributed by atoms with Gasteiger partial charge in [0.05, 0.1) is 12.2 Å². The predicted octanol–water partition coefficient (Wildman–Crippen LogP) is 4.68. The highest BCUT2D eigenvalue weighted by Gasteiger charge is 2.07. The van der Waals surface area contributed by atoms with Crippen LogP contribution in [0.2, 0.25) is 0 Å². The van der Waals surface area contributed by atoms with Crippen LogP contribution in [0.1, 0.15) is 5.01 Å². The smallest absolute Gasteiger partial charge is 0.320 e. The molecule has 2 aromatic heterocycles. The van der Waals surface area contributed by atoms with Gasteiger partial charge < -0.3 is 5.32 Å². The average Bonchev–Trinajstić information content (AvgIpc) is 3.16. The van der Waals surface area contributed by atoms with Gasteiger partial charge in [0, 0.05) is 17.1 Å². The Balaban J connectivity index is 1.41. The maximum absolute atomic E-state index is 11.9. The highest BCUT2D eigenvalue weighted by Crippen LogP contribution is 2.25. The maximum atomic E-state index is 11.9. The molecule has 0 unspecified atom stereocenters. The molecule has 0 spiro atoms. The number of urea groups is 1. The van der Waals surface area contributed by atoms with Gasteiger partial charge in [0.1, 0.15) is 10.8 Å². The lowest BCUT2D eigenvalue weighted by molar-refractivity contribution is 0.251. The highest BCUT2D eigenvalue weighted by molar-refractivity contribution is 7.09. The lowest BCUT2D eigenvalue weighted by Crippen LogP contribution is -2.28. The summed E-state index contributed by atoms with van der Waals surface area (Å²) in [5.41, 5.74) is 1.99. The molecule has 2 aromatic carbocycles. The van der Waals surface area contributed by atoms with Crippen molar-refractivity contribution in [3.63, 3.8) is 0 Å². The molecule has 0 aliphatic heterocycles. The minimum atomic E-state index is -0.300. The molecule has 2 amide bonds. The van der Waals surface area contributed by atoms with Gasteiger partial charge >= 0.3 is 6.03 Å². The second kappa shape index (κ2) is 7.33. The monoisotopic (exact) mass is 360 g/mol. The van der Waals surface area contributed by atoms with Crippen LogP contribution >= 0.6 is 11.3 Å². The number of carbonyl (C=O) groups excluding carboxylic acids is 1. The minimum absolute atomic E-state index is 0.300. The number of amides is 2. The first kappa shape index (κ1) is 16.2. The van der Waals surface area contributed by atoms with Crippen molar-refractivity contribution in [1.82, 2.24) is 15.3 Å². The van der Waals surface area contributed by atoms with E-state index < -0.39 is 0 Å². The number of pyridine rings is 1. The molecule has 0 bridgehead atoms. The Hall–Kier alpha value is -3.25. The van der Waals surface area contributed by atoms with E-state index in [0.29, 0.717) is 12.4 Å². The fourth-order valence-corrected chi connectivity index (χ4v) is 3.37. The number of aromatic nitrogens is 2. The van der Waals surface area contributed by atoms with Crippen molar-refractivity contribution in [3.05, 3.63) is 77.2 Å². The summed E-state index contributed by atoms with van der Waals surface area (Å²) in [7, 11) is 0. The van der Waals surface area contributed by atoms with Gasteiger partial charge in [-0.25, -0.2) is 14.8 Å². The van der Waals surface area contributed by atoms with Crippen molar-refractivity contribution in [1.29, 1.82) is 0 Å². The van der Waals surface area contributed by atoms with Crippen LogP contribution in [0.5, 0.6) is 0 Å². The average molecular weight is 360 g/mol. The zero-order valence-corrected chi connectivity index (χ0v) is 14.7. The van der Waals surface area contributed by atoms with Crippen LogP contribution < -0.4 is 10.6 Å². The third kappa shape index (κ3) is 3.70. The first-order valence-electron chi connectivity index (χ1n) is 8.17. The van der Waals surface area contributed by atoms with Gasteiger partial charge in [-0.3, -0.25) is 5.32 Å². The molecule has 2 N–H and O–H groups in total. The number of thiazole rings is 1. The second-order valence-corrected chi connectivity index (χ2v) is 6.65. The zero-order valence-electron chi connectivity index (χ0n) is 13.8. The summed E-state index contributed by atoms with van der Waals surface area (Å²) in [6, 6.07) is 19.6. The third-order valence-electron chi connectivity index (χ3n) is 3.90. The number of fused-ring (bicyclic) bond motifs is 1. The van der Waals surface area contributed by atoms with Crippen LogP contribution in [-0.4, -0.2) is 16.0 Å². The Bertz CT molecular complexity index is 1050. The standard InChI is InChI=1S/C20H16N4OS/c25-20(24-18-7-3-4-10-21-18)22-12-19-23-17(13-26-19)16-9-8-14-5-1-2-6-15(14)11-16/h1-11,13H,12H2,(H2,21,22,24,25). The van der Waals surface area contributed by atoms with Crippen LogP contribution in [0.3, 0.4) is 0 Å². The van der Waals surface area contributed by atoms with E-state index in [0.717, 1.165) is 16.3 Å². The quantitative estimate of drug-likeness (QED) is 0.555. The molecule has 5 nitrogen and oxygen atoms in total. The van der Waals surface area contributed by atoms with E-state index in [1.165, 1.54) is 22.1 Å². The number of hydrogen-bond donors (Lipinski definition) is 2. The van der Waals surface area contributed by atoms with Gasteiger partial charge in [-0.15, -0.1) is 11.3 Å². The molecule has 128 valence electrons. The molecule has 0 atom stereocenters. The van der Waals surface area contributed by atoms with Crippen LogP contribution in [0.25, 0.3) is 22.0 Å². The highest BCUT2D eigenvalue weighted by atomic mass is 32.1. The van der Waals surface area contributed by atoms with E-state index in [1.807, 2.05) is 23.6 Å². The summed E-state index contributed by atoms with van der Waals surface area (Å²) in [4.78, 5) is 20.6. The fourth-order valence-electron chi connectivity index (χ4n) is 2.63. The van der Waals surface area contributed by atoms with Crippen LogP contribution in [-0.2, 0) is 6.54 Å². The molecular weight excluding hydrogens is 344 g/mol. The van der Waals surface area contributed by atoms with Crippen molar-refractivity contribution in [2.45, 2.75) is 6.54 Å². The van der Waals surface area contributed by atoms with E-state index in [1.54, 1.807) is 18.3 Å². The van der Waals surface area contributed by atoms with E-state index in [4.69, 9.17) is 0 Å². The molecule has 0 saturated carbocycles. The zero-order chi connectivity index (χ0) is 17.8. The van der Waals surface area contributed by atoms with Crippen molar-refractivity contribution in [2.75, 3.05) is 5.32 Å². The SMILES string of the molecule is O=C(NCc1nc(-c2ccc3ccccc3c2)cs1)Nc1ccccn1. The Morgan fingerprint density at radius 2 is 1.85 bits per heavy atom. The molecule has 0 radical (unpaired) electrons. The number of carbonyl (C=O) groups is 1. The van der Waals surface area contributed by atoms with Crippen LogP contribution in [0, 0.1) is 0 Å². The van der Waals surface area contributed by atoms with Gasteiger partial charge in [-0.2, -0.15) is 0 Å². The van der Waals surface area contributed by atoms with E-state index in [9.17, 15) is 4.79 Å². The summed E-state index contributed by atoms with van der Waals surface area (Å²) in [5, 5.41) is 10.7. The molecular formula is C20H16N4OS. The lowest BCUT2D eigenvalue weighted by Gasteiger charge is -2.05. The van der Waals surface area contributed by atoms with Gasteiger partial charge in [0.25, 0.3) is 0 Å². The minimum Gasteiger partial charge on any atom is -0.331 e. The molecule has 0 fully saturated rings. The molecule has 4 aromatic rings. The second-order valence-electron chi connectivity index (χ2n) is 5.71. The normalized spacial score (nSPS) is 10.6. The number of rotatable bonds is 4. The third-order valence-corrected chi connectivity index (χ3v) is 4.75. The number of benzene rings is 2. The Labute approximate surface area is 154 Å². The van der Waals surface area contributed by atoms with Crippen LogP contribution in [0.15, 0.2) is 72.2 Å². The molecule has 0 saturated heterocycles. The Kier molecular flexibility index (Phi) is 4.57. The van der Waals surface area contributed by atoms with Crippen molar-refractivity contribution < 1.29 is 4.79 Å². The Morgan fingerprint density at radius 1 is 1.00 bits per heavy atom. The summed E-state index contributed by atoms with van der Waals surface area (Å²) in [5.74, 6) is 0.515.